The Morgan fingerprint density at radius 3 is 2.42 bits per heavy atom. The van der Waals surface area contributed by atoms with Gasteiger partial charge in [0.1, 0.15) is 5.60 Å². The highest BCUT2D eigenvalue weighted by Gasteiger charge is 2.43. The Balaban J connectivity index is 2.16. The molecule has 2 nitrogen and oxygen atoms in total. The molecule has 0 saturated heterocycles. The number of carbonyl (C=O) groups is 1. The zero-order valence-corrected chi connectivity index (χ0v) is 16.1. The van der Waals surface area contributed by atoms with E-state index >= 15 is 0 Å². The van der Waals surface area contributed by atoms with Crippen LogP contribution in [-0.2, 0) is 16.0 Å². The van der Waals surface area contributed by atoms with Crippen LogP contribution in [0.5, 0.6) is 0 Å². The Hall–Kier alpha value is -2.01. The normalized spacial score (nSPS) is 12.9. The molecule has 0 N–H and O–H groups in total. The van der Waals surface area contributed by atoms with Crippen molar-refractivity contribution < 1.29 is 18.3 Å². The molecule has 0 radical (unpaired) electrons. The lowest BCUT2D eigenvalue weighted by Gasteiger charge is -2.24. The lowest BCUT2D eigenvalue weighted by atomic mass is 9.97. The summed E-state index contributed by atoms with van der Waals surface area (Å²) in [5, 5.41) is 4.04. The van der Waals surface area contributed by atoms with E-state index in [4.69, 9.17) is 4.74 Å². The lowest BCUT2D eigenvalue weighted by molar-refractivity contribution is -0.182. The van der Waals surface area contributed by atoms with Crippen LogP contribution in [0.1, 0.15) is 44.7 Å². The number of hydrogen-bond acceptors (Lipinski definition) is 3. The summed E-state index contributed by atoms with van der Waals surface area (Å²) >= 11 is 1.61. The summed E-state index contributed by atoms with van der Waals surface area (Å²) in [6.07, 6.45) is 2.53. The molecule has 0 amide bonds. The molecule has 1 aromatic heterocycles. The minimum Gasteiger partial charge on any atom is -0.456 e. The van der Waals surface area contributed by atoms with Crippen molar-refractivity contribution in [2.45, 2.75) is 51.6 Å². The molecule has 2 rings (SSSR count). The van der Waals surface area contributed by atoms with E-state index < -0.39 is 23.9 Å². The predicted molar refractivity (Wildman–Crippen MR) is 102 cm³/mol. The van der Waals surface area contributed by atoms with Crippen LogP contribution in [0.25, 0.3) is 5.57 Å². The molecule has 0 bridgehead atoms. The average molecular weight is 378 g/mol. The van der Waals surface area contributed by atoms with E-state index in [1.165, 1.54) is 5.56 Å². The van der Waals surface area contributed by atoms with Gasteiger partial charge in [-0.3, -0.25) is 0 Å². The number of thiophene rings is 1. The third-order valence-electron chi connectivity index (χ3n) is 3.66. The smallest absolute Gasteiger partial charge is 0.377 e. The molecular formula is C21H24F2O2S. The number of benzene rings is 1. The number of rotatable bonds is 7. The van der Waals surface area contributed by atoms with Gasteiger partial charge in [-0.2, -0.15) is 20.1 Å². The maximum Gasteiger partial charge on any atom is 0.377 e. The Labute approximate surface area is 157 Å². The van der Waals surface area contributed by atoms with Gasteiger partial charge in [-0.05, 0) is 67.1 Å². The second-order valence-corrected chi connectivity index (χ2v) is 7.93. The fourth-order valence-corrected chi connectivity index (χ4v) is 3.16. The van der Waals surface area contributed by atoms with E-state index in [-0.39, 0.29) is 0 Å². The first kappa shape index (κ1) is 20.3. The van der Waals surface area contributed by atoms with Gasteiger partial charge in [0, 0.05) is 6.42 Å². The third-order valence-corrected chi connectivity index (χ3v) is 4.39. The van der Waals surface area contributed by atoms with Crippen molar-refractivity contribution in [2.24, 2.45) is 0 Å². The lowest BCUT2D eigenvalue weighted by Crippen LogP contribution is -2.36. The predicted octanol–water partition coefficient (Wildman–Crippen LogP) is 6.13. The van der Waals surface area contributed by atoms with Crippen LogP contribution in [0.4, 0.5) is 8.78 Å². The molecule has 0 unspecified atom stereocenters. The minimum absolute atomic E-state index is 0.455. The molecule has 0 spiro atoms. The van der Waals surface area contributed by atoms with Crippen LogP contribution in [0.15, 0.2) is 53.2 Å². The number of alkyl halides is 2. The summed E-state index contributed by atoms with van der Waals surface area (Å²) in [4.78, 5) is 11.9. The number of hydrogen-bond donors (Lipinski definition) is 0. The van der Waals surface area contributed by atoms with Crippen LogP contribution >= 0.6 is 11.3 Å². The second-order valence-electron chi connectivity index (χ2n) is 7.15. The van der Waals surface area contributed by atoms with Crippen LogP contribution in [0.3, 0.4) is 0 Å². The van der Waals surface area contributed by atoms with E-state index in [1.807, 2.05) is 22.9 Å². The highest BCUT2D eigenvalue weighted by molar-refractivity contribution is 7.07. The molecule has 1 heterocycles. The van der Waals surface area contributed by atoms with Crippen molar-refractivity contribution in [1.29, 1.82) is 0 Å². The Bertz CT molecular complexity index is 729. The number of carbonyl (C=O) groups excluding carboxylic acids is 1. The maximum atomic E-state index is 14.5. The molecule has 1 aromatic carbocycles. The second kappa shape index (κ2) is 8.58. The van der Waals surface area contributed by atoms with Gasteiger partial charge >= 0.3 is 11.9 Å². The monoisotopic (exact) mass is 378 g/mol. The summed E-state index contributed by atoms with van der Waals surface area (Å²) in [5.74, 6) is -5.05. The minimum atomic E-state index is -3.57. The highest BCUT2D eigenvalue weighted by Crippen LogP contribution is 2.32. The quantitative estimate of drug-likeness (QED) is 0.542. The molecular weight excluding hydrogens is 354 g/mol. The number of ether oxygens (including phenoxy) is 1. The first-order valence-electron chi connectivity index (χ1n) is 8.54. The van der Waals surface area contributed by atoms with Crippen molar-refractivity contribution in [2.75, 3.05) is 0 Å². The van der Waals surface area contributed by atoms with Gasteiger partial charge in [0.2, 0.25) is 0 Å². The SMILES string of the molecule is CC(C)(C)OC(=O)C(F)(F)CC(=CCCc1ccsc1)c1ccccc1. The van der Waals surface area contributed by atoms with Crippen LogP contribution in [0, 0.1) is 0 Å². The molecule has 5 heteroatoms. The Kier molecular flexibility index (Phi) is 6.70. The molecule has 0 fully saturated rings. The highest BCUT2D eigenvalue weighted by atomic mass is 32.1. The molecule has 2 aromatic rings. The summed E-state index contributed by atoms with van der Waals surface area (Å²) in [5.41, 5.74) is 1.38. The first-order valence-corrected chi connectivity index (χ1v) is 9.48. The van der Waals surface area contributed by atoms with Gasteiger partial charge in [-0.15, -0.1) is 0 Å². The van der Waals surface area contributed by atoms with Crippen molar-refractivity contribution >= 4 is 22.9 Å². The third kappa shape index (κ3) is 6.37. The van der Waals surface area contributed by atoms with Gasteiger partial charge in [0.15, 0.2) is 0 Å². The fourth-order valence-electron chi connectivity index (χ4n) is 2.46. The summed E-state index contributed by atoms with van der Waals surface area (Å²) in [6.45, 7) is 4.74. The molecule has 0 aliphatic carbocycles. The van der Waals surface area contributed by atoms with Gasteiger partial charge < -0.3 is 4.74 Å². The van der Waals surface area contributed by atoms with Gasteiger partial charge in [0.25, 0.3) is 0 Å². The first-order chi connectivity index (χ1) is 12.2. The number of aryl methyl sites for hydroxylation is 1. The van der Waals surface area contributed by atoms with Gasteiger partial charge in [-0.25, -0.2) is 4.79 Å². The average Bonchev–Trinajstić information content (AvgIpc) is 3.06. The van der Waals surface area contributed by atoms with Gasteiger partial charge in [-0.1, -0.05) is 36.4 Å². The van der Waals surface area contributed by atoms with E-state index in [9.17, 15) is 13.6 Å². The molecule has 0 atom stereocenters. The topological polar surface area (TPSA) is 26.3 Å². The molecule has 0 aliphatic heterocycles. The summed E-state index contributed by atoms with van der Waals surface area (Å²) in [6, 6.07) is 11.0. The van der Waals surface area contributed by atoms with Crippen LogP contribution < -0.4 is 0 Å². The summed E-state index contributed by atoms with van der Waals surface area (Å²) in [7, 11) is 0. The van der Waals surface area contributed by atoms with Crippen LogP contribution in [0.2, 0.25) is 0 Å². The molecule has 0 saturated carbocycles. The summed E-state index contributed by atoms with van der Waals surface area (Å²) < 4.78 is 33.8. The van der Waals surface area contributed by atoms with Gasteiger partial charge in [0.05, 0.1) is 0 Å². The van der Waals surface area contributed by atoms with Crippen molar-refractivity contribution in [3.63, 3.8) is 0 Å². The Morgan fingerprint density at radius 1 is 1.15 bits per heavy atom. The number of esters is 1. The van der Waals surface area contributed by atoms with Crippen LogP contribution in [-0.4, -0.2) is 17.5 Å². The molecule has 26 heavy (non-hydrogen) atoms. The maximum absolute atomic E-state index is 14.5. The molecule has 140 valence electrons. The van der Waals surface area contributed by atoms with E-state index in [0.29, 0.717) is 17.6 Å². The van der Waals surface area contributed by atoms with Crippen molar-refractivity contribution in [1.82, 2.24) is 0 Å². The largest absolute Gasteiger partial charge is 0.456 e. The standard InChI is InChI=1S/C21H24F2O2S/c1-20(2,3)25-19(24)21(22,23)14-18(17-9-5-4-6-10-17)11-7-8-16-12-13-26-15-16/h4-6,9-13,15H,7-8,14H2,1-3H3. The number of allylic oxidation sites excluding steroid dienone is 2. The molecule has 0 aliphatic rings. The van der Waals surface area contributed by atoms with E-state index in [1.54, 1.807) is 62.4 Å². The van der Waals surface area contributed by atoms with E-state index in [2.05, 4.69) is 0 Å². The Morgan fingerprint density at radius 2 is 1.85 bits per heavy atom. The number of halogens is 2. The van der Waals surface area contributed by atoms with E-state index in [0.717, 1.165) is 6.42 Å². The zero-order valence-electron chi connectivity index (χ0n) is 15.3. The van der Waals surface area contributed by atoms with Crippen molar-refractivity contribution in [3.05, 3.63) is 64.4 Å². The zero-order chi connectivity index (χ0) is 19.2. The van der Waals surface area contributed by atoms with Crippen molar-refractivity contribution in [3.8, 4) is 0 Å². The fraction of sp³-hybridized carbons (Fsp3) is 0.381.